The first-order valence-corrected chi connectivity index (χ1v) is 4.25. The molecule has 2 unspecified atom stereocenters. The fourth-order valence-electron chi connectivity index (χ4n) is 2.31. The molecule has 2 aliphatic rings. The Labute approximate surface area is 70.1 Å². The predicted octanol–water partition coefficient (Wildman–Crippen LogP) is 1.15. The summed E-state index contributed by atoms with van der Waals surface area (Å²) in [4.78, 5) is 0. The topological polar surface area (TPSA) is 35.2 Å². The van der Waals surface area contributed by atoms with E-state index in [1.165, 1.54) is 0 Å². The summed E-state index contributed by atoms with van der Waals surface area (Å²) >= 11 is 0. The van der Waals surface area contributed by atoms with Gasteiger partial charge in [-0.05, 0) is 19.3 Å². The van der Waals surface area contributed by atoms with E-state index in [2.05, 4.69) is 0 Å². The van der Waals surface area contributed by atoms with Crippen LogP contribution >= 0.6 is 0 Å². The number of hydrogen-bond acceptors (Lipinski definition) is 2. The summed E-state index contributed by atoms with van der Waals surface area (Å²) in [6, 6.07) is 0. The van der Waals surface area contributed by atoms with E-state index in [0.29, 0.717) is 26.0 Å². The van der Waals surface area contributed by atoms with Crippen LogP contribution in [0.1, 0.15) is 19.3 Å². The van der Waals surface area contributed by atoms with Crippen molar-refractivity contribution in [1.82, 2.24) is 0 Å². The second-order valence-corrected chi connectivity index (χ2v) is 4.04. The highest BCUT2D eigenvalue weighted by Crippen LogP contribution is 2.54. The van der Waals surface area contributed by atoms with Crippen LogP contribution in [0.4, 0.5) is 8.78 Å². The smallest absolute Gasteiger partial charge is 0.267 e. The van der Waals surface area contributed by atoms with Crippen LogP contribution in [0.3, 0.4) is 0 Å². The summed E-state index contributed by atoms with van der Waals surface area (Å²) in [5, 5.41) is 0. The summed E-state index contributed by atoms with van der Waals surface area (Å²) < 4.78 is 30.3. The predicted molar refractivity (Wildman–Crippen MR) is 40.0 cm³/mol. The van der Waals surface area contributed by atoms with Crippen LogP contribution < -0.4 is 5.73 Å². The van der Waals surface area contributed by atoms with Crippen molar-refractivity contribution in [2.45, 2.75) is 31.3 Å². The lowest BCUT2D eigenvalue weighted by atomic mass is 9.88. The molecule has 0 spiro atoms. The van der Waals surface area contributed by atoms with Gasteiger partial charge in [-0.2, -0.15) is 0 Å². The summed E-state index contributed by atoms with van der Waals surface area (Å²) in [6.07, 6.45) is -0.627. The molecule has 0 aromatic heterocycles. The molecule has 2 atom stereocenters. The average Bonchev–Trinajstić information content (AvgIpc) is 2.61. The van der Waals surface area contributed by atoms with Gasteiger partial charge in [-0.3, -0.25) is 0 Å². The van der Waals surface area contributed by atoms with Crippen molar-refractivity contribution in [3.63, 3.8) is 0 Å². The highest BCUT2D eigenvalue weighted by atomic mass is 19.3. The van der Waals surface area contributed by atoms with Crippen LogP contribution in [0.15, 0.2) is 0 Å². The number of alkyl halides is 2. The van der Waals surface area contributed by atoms with Gasteiger partial charge in [-0.25, -0.2) is 8.78 Å². The van der Waals surface area contributed by atoms with Crippen molar-refractivity contribution in [2.24, 2.45) is 11.1 Å². The second kappa shape index (κ2) is 2.39. The fraction of sp³-hybridized carbons (Fsp3) is 1.00. The molecule has 12 heavy (non-hydrogen) atoms. The van der Waals surface area contributed by atoms with E-state index in [-0.39, 0.29) is 5.41 Å². The Bertz CT molecular complexity index is 187. The van der Waals surface area contributed by atoms with Gasteiger partial charge in [0.15, 0.2) is 0 Å². The number of halogens is 2. The average molecular weight is 177 g/mol. The molecular formula is C8H13F2NO. The fourth-order valence-corrected chi connectivity index (χ4v) is 2.31. The van der Waals surface area contributed by atoms with E-state index < -0.39 is 12.0 Å². The normalized spacial score (nSPS) is 46.0. The van der Waals surface area contributed by atoms with E-state index in [0.717, 1.165) is 6.42 Å². The lowest BCUT2D eigenvalue weighted by Gasteiger charge is -2.26. The molecule has 1 aliphatic heterocycles. The van der Waals surface area contributed by atoms with Gasteiger partial charge < -0.3 is 10.5 Å². The van der Waals surface area contributed by atoms with E-state index in [9.17, 15) is 8.78 Å². The number of ether oxygens (including phenoxy) is 1. The van der Waals surface area contributed by atoms with Crippen LogP contribution in [-0.4, -0.2) is 25.2 Å². The monoisotopic (exact) mass is 177 g/mol. The summed E-state index contributed by atoms with van der Waals surface area (Å²) in [6.45, 7) is 0.898. The molecule has 1 saturated heterocycles. The van der Waals surface area contributed by atoms with Crippen molar-refractivity contribution in [1.29, 1.82) is 0 Å². The summed E-state index contributed by atoms with van der Waals surface area (Å²) in [5.74, 6) is 0. The van der Waals surface area contributed by atoms with Gasteiger partial charge in [0, 0.05) is 12.0 Å². The van der Waals surface area contributed by atoms with Crippen molar-refractivity contribution in [2.75, 3.05) is 13.2 Å². The van der Waals surface area contributed by atoms with Gasteiger partial charge in [0.25, 0.3) is 6.43 Å². The Hall–Kier alpha value is -0.220. The van der Waals surface area contributed by atoms with Crippen LogP contribution in [0.25, 0.3) is 0 Å². The maximum absolute atomic E-state index is 12.6. The van der Waals surface area contributed by atoms with Crippen molar-refractivity contribution >= 4 is 0 Å². The van der Waals surface area contributed by atoms with Gasteiger partial charge >= 0.3 is 0 Å². The number of hydrogen-bond donors (Lipinski definition) is 1. The lowest BCUT2D eigenvalue weighted by molar-refractivity contribution is -0.120. The van der Waals surface area contributed by atoms with Crippen LogP contribution in [0.5, 0.6) is 0 Å². The third-order valence-electron chi connectivity index (χ3n) is 3.25. The van der Waals surface area contributed by atoms with Gasteiger partial charge in [0.1, 0.15) is 5.60 Å². The number of fused-ring (bicyclic) bond motifs is 2. The van der Waals surface area contributed by atoms with Crippen molar-refractivity contribution < 1.29 is 13.5 Å². The van der Waals surface area contributed by atoms with Crippen LogP contribution in [0.2, 0.25) is 0 Å². The number of rotatable bonds is 2. The van der Waals surface area contributed by atoms with Crippen LogP contribution in [-0.2, 0) is 4.74 Å². The zero-order valence-electron chi connectivity index (χ0n) is 6.85. The highest BCUT2D eigenvalue weighted by Gasteiger charge is 2.59. The maximum Gasteiger partial charge on any atom is 0.267 e. The van der Waals surface area contributed by atoms with E-state index in [1.807, 2.05) is 0 Å². The van der Waals surface area contributed by atoms with Gasteiger partial charge in [-0.15, -0.1) is 0 Å². The molecule has 0 aromatic rings. The zero-order chi connectivity index (χ0) is 8.82. The molecule has 0 radical (unpaired) electrons. The molecule has 1 saturated carbocycles. The standard InChI is InChI=1S/C8H13F2NO/c9-6(10)8-2-1-7(3-8,4-11)5-12-8/h6H,1-5,11H2. The molecular weight excluding hydrogens is 164 g/mol. The van der Waals surface area contributed by atoms with E-state index in [1.54, 1.807) is 0 Å². The Morgan fingerprint density at radius 3 is 2.42 bits per heavy atom. The largest absolute Gasteiger partial charge is 0.368 e. The Kier molecular flexibility index (Phi) is 1.67. The molecule has 2 rings (SSSR count). The first-order chi connectivity index (χ1) is 5.63. The maximum atomic E-state index is 12.6. The molecule has 4 heteroatoms. The Morgan fingerprint density at radius 2 is 2.17 bits per heavy atom. The quantitative estimate of drug-likeness (QED) is 0.686. The molecule has 70 valence electrons. The van der Waals surface area contributed by atoms with Gasteiger partial charge in [-0.1, -0.05) is 0 Å². The molecule has 1 heterocycles. The molecule has 0 aromatic carbocycles. The van der Waals surface area contributed by atoms with Crippen molar-refractivity contribution in [3.8, 4) is 0 Å². The first-order valence-electron chi connectivity index (χ1n) is 4.25. The summed E-state index contributed by atoms with van der Waals surface area (Å²) in [5.41, 5.74) is 4.27. The zero-order valence-corrected chi connectivity index (χ0v) is 6.85. The van der Waals surface area contributed by atoms with Crippen LogP contribution in [0, 0.1) is 5.41 Å². The Morgan fingerprint density at radius 1 is 1.42 bits per heavy atom. The number of nitrogens with two attached hydrogens (primary N) is 1. The molecule has 2 N–H and O–H groups in total. The lowest BCUT2D eigenvalue weighted by Crippen LogP contribution is -2.35. The second-order valence-electron chi connectivity index (χ2n) is 4.04. The molecule has 2 nitrogen and oxygen atoms in total. The molecule has 2 bridgehead atoms. The Balaban J connectivity index is 2.17. The SMILES string of the molecule is NCC12CCC(C(F)F)(C1)OC2. The minimum Gasteiger partial charge on any atom is -0.368 e. The highest BCUT2D eigenvalue weighted by molar-refractivity contribution is 5.06. The molecule has 0 amide bonds. The van der Waals surface area contributed by atoms with E-state index in [4.69, 9.17) is 10.5 Å². The third kappa shape index (κ3) is 0.910. The molecule has 1 aliphatic carbocycles. The van der Waals surface area contributed by atoms with Crippen molar-refractivity contribution in [3.05, 3.63) is 0 Å². The third-order valence-corrected chi connectivity index (χ3v) is 3.25. The summed E-state index contributed by atoms with van der Waals surface area (Å²) in [7, 11) is 0. The van der Waals surface area contributed by atoms with Gasteiger partial charge in [0.2, 0.25) is 0 Å². The minimum absolute atomic E-state index is 0.129. The molecule has 2 fully saturated rings. The first kappa shape index (κ1) is 8.38. The minimum atomic E-state index is -2.35. The van der Waals surface area contributed by atoms with E-state index >= 15 is 0 Å². The van der Waals surface area contributed by atoms with Gasteiger partial charge in [0.05, 0.1) is 6.61 Å².